The maximum Gasteiger partial charge on any atom is 0.275 e. The lowest BCUT2D eigenvalue weighted by Gasteiger charge is -2.08. The largest absolute Gasteiger partial charge is 0.321 e. The highest BCUT2D eigenvalue weighted by molar-refractivity contribution is 6.83. The van der Waals surface area contributed by atoms with Crippen molar-refractivity contribution in [1.29, 1.82) is 0 Å². The molecule has 1 aromatic carbocycles. The van der Waals surface area contributed by atoms with Gasteiger partial charge in [-0.15, -0.1) is 5.54 Å². The van der Waals surface area contributed by atoms with Gasteiger partial charge in [-0.25, -0.2) is 4.98 Å². The summed E-state index contributed by atoms with van der Waals surface area (Å²) in [6.45, 7) is 6.40. The summed E-state index contributed by atoms with van der Waals surface area (Å²) in [5, 5.41) is 3.25. The number of nitrogens with zero attached hydrogens (tertiary/aromatic N) is 1. The minimum Gasteiger partial charge on any atom is -0.321 e. The van der Waals surface area contributed by atoms with Crippen molar-refractivity contribution in [2.24, 2.45) is 0 Å². The lowest BCUT2D eigenvalue weighted by molar-refractivity contribution is 0.102. The quantitative estimate of drug-likeness (QED) is 0.662. The summed E-state index contributed by atoms with van der Waals surface area (Å²) in [6.07, 6.45) is 1.52. The molecule has 22 heavy (non-hydrogen) atoms. The van der Waals surface area contributed by atoms with Gasteiger partial charge in [0.15, 0.2) is 0 Å². The second-order valence-corrected chi connectivity index (χ2v) is 11.0. The van der Waals surface area contributed by atoms with Gasteiger partial charge in [0.2, 0.25) is 0 Å². The van der Waals surface area contributed by atoms with E-state index in [0.29, 0.717) is 16.3 Å². The first-order valence-electron chi connectivity index (χ1n) is 6.91. The highest BCUT2D eigenvalue weighted by Gasteiger charge is 2.16. The minimum atomic E-state index is -1.57. The Labute approximate surface area is 136 Å². The number of pyridine rings is 1. The Balaban J connectivity index is 2.36. The molecule has 0 saturated carbocycles. The van der Waals surface area contributed by atoms with Crippen molar-refractivity contribution < 1.29 is 4.79 Å². The van der Waals surface area contributed by atoms with Gasteiger partial charge in [0, 0.05) is 11.9 Å². The molecule has 1 heterocycles. The zero-order valence-corrected chi connectivity index (χ0v) is 14.5. The monoisotopic (exact) mass is 328 g/mol. The van der Waals surface area contributed by atoms with Crippen LogP contribution in [0.3, 0.4) is 0 Å². The highest BCUT2D eigenvalue weighted by Crippen LogP contribution is 2.19. The molecule has 1 N–H and O–H groups in total. The topological polar surface area (TPSA) is 42.0 Å². The summed E-state index contributed by atoms with van der Waals surface area (Å²) in [6, 6.07) is 10.9. The van der Waals surface area contributed by atoms with Crippen LogP contribution in [0.5, 0.6) is 0 Å². The predicted octanol–water partition coefficient (Wildman–Crippen LogP) is 4.22. The van der Waals surface area contributed by atoms with E-state index in [1.165, 1.54) is 6.20 Å². The Bertz CT molecular complexity index is 743. The number of benzene rings is 1. The van der Waals surface area contributed by atoms with Crippen LogP contribution in [0.1, 0.15) is 16.1 Å². The molecule has 0 aliphatic carbocycles. The third kappa shape index (κ3) is 4.45. The summed E-state index contributed by atoms with van der Waals surface area (Å²) in [4.78, 5) is 16.6. The summed E-state index contributed by atoms with van der Waals surface area (Å²) in [5.41, 5.74) is 4.67. The van der Waals surface area contributed by atoms with Crippen LogP contribution in [0.25, 0.3) is 0 Å². The smallest absolute Gasteiger partial charge is 0.275 e. The van der Waals surface area contributed by atoms with E-state index in [-0.39, 0.29) is 11.6 Å². The molecule has 2 aromatic rings. The maximum atomic E-state index is 12.4. The molecule has 0 unspecified atom stereocenters. The van der Waals surface area contributed by atoms with Gasteiger partial charge in [-0.3, -0.25) is 4.79 Å². The van der Waals surface area contributed by atoms with Gasteiger partial charge in [0.25, 0.3) is 5.91 Å². The normalized spacial score (nSPS) is 10.5. The number of anilines is 1. The van der Waals surface area contributed by atoms with Gasteiger partial charge < -0.3 is 5.32 Å². The predicted molar refractivity (Wildman–Crippen MR) is 93.9 cm³/mol. The van der Waals surface area contributed by atoms with E-state index < -0.39 is 8.07 Å². The van der Waals surface area contributed by atoms with Crippen molar-refractivity contribution in [3.8, 4) is 11.5 Å². The maximum absolute atomic E-state index is 12.4. The first kappa shape index (κ1) is 16.3. The van der Waals surface area contributed by atoms with Crippen molar-refractivity contribution in [3.05, 3.63) is 58.9 Å². The van der Waals surface area contributed by atoms with Crippen LogP contribution < -0.4 is 5.32 Å². The van der Waals surface area contributed by atoms with Gasteiger partial charge in [-0.2, -0.15) is 0 Å². The van der Waals surface area contributed by atoms with Crippen molar-refractivity contribution in [2.75, 3.05) is 5.32 Å². The van der Waals surface area contributed by atoms with Crippen LogP contribution in [0.15, 0.2) is 42.6 Å². The first-order chi connectivity index (χ1) is 10.4. The number of amides is 1. The second kappa shape index (κ2) is 6.78. The van der Waals surface area contributed by atoms with Crippen LogP contribution in [-0.4, -0.2) is 19.0 Å². The number of aromatic nitrogens is 1. The highest BCUT2D eigenvalue weighted by atomic mass is 35.5. The summed E-state index contributed by atoms with van der Waals surface area (Å²) >= 11 is 6.20. The third-order valence-corrected chi connectivity index (χ3v) is 3.90. The molecule has 1 aromatic heterocycles. The fraction of sp³-hybridized carbons (Fsp3) is 0.176. The van der Waals surface area contributed by atoms with Crippen LogP contribution in [0.2, 0.25) is 24.7 Å². The Morgan fingerprint density at radius 1 is 1.18 bits per heavy atom. The van der Waals surface area contributed by atoms with Crippen LogP contribution in [-0.2, 0) is 0 Å². The molecule has 1 amide bonds. The zero-order chi connectivity index (χ0) is 16.2. The Hall–Kier alpha value is -2.09. The van der Waals surface area contributed by atoms with E-state index in [0.717, 1.165) is 0 Å². The van der Waals surface area contributed by atoms with Gasteiger partial charge in [0.05, 0.1) is 10.6 Å². The number of carbonyl (C=O) groups is 1. The van der Waals surface area contributed by atoms with E-state index in [9.17, 15) is 4.79 Å². The molecule has 0 saturated heterocycles. The van der Waals surface area contributed by atoms with Gasteiger partial charge >= 0.3 is 0 Å². The molecule has 3 nitrogen and oxygen atoms in total. The SMILES string of the molecule is C[Si](C)(C)C#Cc1c(Cl)ccnc1C(=O)Nc1ccccc1. The van der Waals surface area contributed by atoms with E-state index in [2.05, 4.69) is 41.4 Å². The van der Waals surface area contributed by atoms with Gasteiger partial charge in [-0.1, -0.05) is 55.4 Å². The lowest BCUT2D eigenvalue weighted by Crippen LogP contribution is -2.18. The fourth-order valence-electron chi connectivity index (χ4n) is 1.69. The molecular formula is C17H17ClN2OSi. The lowest BCUT2D eigenvalue weighted by atomic mass is 10.2. The van der Waals surface area contributed by atoms with Crippen molar-refractivity contribution >= 4 is 31.3 Å². The van der Waals surface area contributed by atoms with E-state index in [4.69, 9.17) is 11.6 Å². The molecule has 112 valence electrons. The molecule has 0 aliphatic rings. The number of hydrogen-bond donors (Lipinski definition) is 1. The van der Waals surface area contributed by atoms with Crippen molar-refractivity contribution in [1.82, 2.24) is 4.98 Å². The molecule has 0 bridgehead atoms. The zero-order valence-electron chi connectivity index (χ0n) is 12.8. The number of para-hydroxylation sites is 1. The molecule has 2 rings (SSSR count). The Morgan fingerprint density at radius 3 is 2.50 bits per heavy atom. The van der Waals surface area contributed by atoms with Crippen LogP contribution in [0.4, 0.5) is 5.69 Å². The van der Waals surface area contributed by atoms with Crippen molar-refractivity contribution in [2.45, 2.75) is 19.6 Å². The average Bonchev–Trinajstić information content (AvgIpc) is 2.45. The Kier molecular flexibility index (Phi) is 5.02. The van der Waals surface area contributed by atoms with Gasteiger partial charge in [-0.05, 0) is 18.2 Å². The first-order valence-corrected chi connectivity index (χ1v) is 10.8. The fourth-order valence-corrected chi connectivity index (χ4v) is 2.38. The summed E-state index contributed by atoms with van der Waals surface area (Å²) < 4.78 is 0. The van der Waals surface area contributed by atoms with Crippen LogP contribution in [0, 0.1) is 11.5 Å². The molecule has 0 atom stereocenters. The molecule has 0 aliphatic heterocycles. The average molecular weight is 329 g/mol. The number of halogens is 1. The molecule has 0 spiro atoms. The third-order valence-electron chi connectivity index (χ3n) is 2.71. The number of hydrogen-bond acceptors (Lipinski definition) is 2. The summed E-state index contributed by atoms with van der Waals surface area (Å²) in [7, 11) is -1.57. The Morgan fingerprint density at radius 2 is 1.86 bits per heavy atom. The summed E-state index contributed by atoms with van der Waals surface area (Å²) in [5.74, 6) is 2.73. The molecule has 0 radical (unpaired) electrons. The molecule has 0 fully saturated rings. The van der Waals surface area contributed by atoms with E-state index in [1.807, 2.05) is 30.3 Å². The number of rotatable bonds is 2. The van der Waals surface area contributed by atoms with Crippen molar-refractivity contribution in [3.63, 3.8) is 0 Å². The van der Waals surface area contributed by atoms with E-state index >= 15 is 0 Å². The minimum absolute atomic E-state index is 0.252. The standard InChI is InChI=1S/C17H17ClN2OSi/c1-22(2,3)12-10-14-15(18)9-11-19-16(14)17(21)20-13-7-5-4-6-8-13/h4-9,11H,1-3H3,(H,20,21). The second-order valence-electron chi connectivity index (χ2n) is 5.84. The van der Waals surface area contributed by atoms with E-state index in [1.54, 1.807) is 6.07 Å². The number of carbonyl (C=O) groups excluding carboxylic acids is 1. The molecule has 5 heteroatoms. The molecular weight excluding hydrogens is 312 g/mol. The van der Waals surface area contributed by atoms with Crippen LogP contribution >= 0.6 is 11.6 Å². The number of nitrogens with one attached hydrogen (secondary N) is 1. The van der Waals surface area contributed by atoms with Gasteiger partial charge in [0.1, 0.15) is 13.8 Å².